The first-order chi connectivity index (χ1) is 12.3. The Morgan fingerprint density at radius 2 is 2.12 bits per heavy atom. The van der Waals surface area contributed by atoms with Crippen molar-refractivity contribution in [2.75, 3.05) is 19.6 Å². The summed E-state index contributed by atoms with van der Waals surface area (Å²) in [5, 5.41) is 11.3. The highest BCUT2D eigenvalue weighted by Gasteiger charge is 2.04. The Bertz CT molecular complexity index is 833. The second kappa shape index (κ2) is 8.67. The van der Waals surface area contributed by atoms with Crippen molar-refractivity contribution in [3.8, 4) is 0 Å². The molecule has 25 heavy (non-hydrogen) atoms. The maximum Gasteiger partial charge on any atom is 0.191 e. The number of nitrogens with zero attached hydrogens (tertiary/aromatic N) is 2. The van der Waals surface area contributed by atoms with Gasteiger partial charge in [0.2, 0.25) is 0 Å². The van der Waals surface area contributed by atoms with E-state index in [0.29, 0.717) is 0 Å². The van der Waals surface area contributed by atoms with Gasteiger partial charge in [-0.15, -0.1) is 11.3 Å². The Balaban J connectivity index is 1.51. The van der Waals surface area contributed by atoms with E-state index in [4.69, 9.17) is 0 Å². The molecule has 0 spiro atoms. The van der Waals surface area contributed by atoms with Gasteiger partial charge in [-0.3, -0.25) is 4.99 Å². The van der Waals surface area contributed by atoms with Gasteiger partial charge in [0.05, 0.1) is 10.7 Å². The number of aromatic amines is 1. The lowest BCUT2D eigenvalue weighted by Gasteiger charge is -2.11. The van der Waals surface area contributed by atoms with Crippen molar-refractivity contribution in [3.63, 3.8) is 0 Å². The number of para-hydroxylation sites is 1. The molecule has 132 valence electrons. The molecule has 0 saturated heterocycles. The largest absolute Gasteiger partial charge is 0.361 e. The molecule has 3 rings (SSSR count). The van der Waals surface area contributed by atoms with E-state index in [-0.39, 0.29) is 0 Å². The summed E-state index contributed by atoms with van der Waals surface area (Å²) >= 11 is 1.69. The smallest absolute Gasteiger partial charge is 0.191 e. The summed E-state index contributed by atoms with van der Waals surface area (Å²) in [4.78, 5) is 12.5. The molecular formula is C19H25N5S. The van der Waals surface area contributed by atoms with E-state index in [2.05, 4.69) is 68.4 Å². The summed E-state index contributed by atoms with van der Waals surface area (Å²) in [5.74, 6) is 0.870. The molecule has 0 bridgehead atoms. The number of guanidine groups is 1. The zero-order valence-electron chi connectivity index (χ0n) is 14.8. The van der Waals surface area contributed by atoms with Crippen LogP contribution in [0, 0.1) is 6.92 Å². The molecule has 0 aliphatic heterocycles. The SMILES string of the molecule is CCNC(=NCCc1csc(C)n1)NCCc1c[nH]c2ccccc12. The maximum atomic E-state index is 4.65. The van der Waals surface area contributed by atoms with E-state index in [0.717, 1.165) is 49.1 Å². The molecular weight excluding hydrogens is 330 g/mol. The lowest BCUT2D eigenvalue weighted by Crippen LogP contribution is -2.38. The Morgan fingerprint density at radius 1 is 1.24 bits per heavy atom. The van der Waals surface area contributed by atoms with Crippen LogP contribution in [0.3, 0.4) is 0 Å². The van der Waals surface area contributed by atoms with Crippen molar-refractivity contribution < 1.29 is 0 Å². The molecule has 1 aromatic carbocycles. The number of hydrogen-bond acceptors (Lipinski definition) is 3. The van der Waals surface area contributed by atoms with Gasteiger partial charge in [0.1, 0.15) is 0 Å². The third kappa shape index (κ3) is 4.82. The number of aryl methyl sites for hydroxylation is 1. The monoisotopic (exact) mass is 355 g/mol. The fourth-order valence-electron chi connectivity index (χ4n) is 2.80. The van der Waals surface area contributed by atoms with Crippen LogP contribution in [0.25, 0.3) is 10.9 Å². The highest BCUT2D eigenvalue weighted by molar-refractivity contribution is 7.09. The quantitative estimate of drug-likeness (QED) is 0.450. The van der Waals surface area contributed by atoms with Crippen LogP contribution in [0.5, 0.6) is 0 Å². The van der Waals surface area contributed by atoms with Gasteiger partial charge in [-0.25, -0.2) is 4.98 Å². The van der Waals surface area contributed by atoms with Crippen molar-refractivity contribution in [1.82, 2.24) is 20.6 Å². The van der Waals surface area contributed by atoms with Crippen LogP contribution in [0.2, 0.25) is 0 Å². The van der Waals surface area contributed by atoms with Crippen molar-refractivity contribution >= 4 is 28.2 Å². The molecule has 5 nitrogen and oxygen atoms in total. The number of nitrogens with one attached hydrogen (secondary N) is 3. The van der Waals surface area contributed by atoms with Crippen molar-refractivity contribution in [1.29, 1.82) is 0 Å². The van der Waals surface area contributed by atoms with Crippen LogP contribution in [0.1, 0.15) is 23.2 Å². The standard InChI is InChI=1S/C19H25N5S/c1-3-20-19(22-11-9-16-13-25-14(2)24-16)21-10-8-15-12-23-18-7-5-4-6-17(15)18/h4-7,12-13,23H,3,8-11H2,1-2H3,(H2,20,21,22). The summed E-state index contributed by atoms with van der Waals surface area (Å²) in [6.45, 7) is 6.57. The highest BCUT2D eigenvalue weighted by atomic mass is 32.1. The second-order valence-electron chi connectivity index (χ2n) is 5.90. The first-order valence-electron chi connectivity index (χ1n) is 8.74. The summed E-state index contributed by atoms with van der Waals surface area (Å²) in [6, 6.07) is 8.41. The molecule has 3 N–H and O–H groups in total. The molecule has 2 heterocycles. The Labute approximate surface area is 152 Å². The Morgan fingerprint density at radius 3 is 2.92 bits per heavy atom. The minimum atomic E-state index is 0.742. The fourth-order valence-corrected chi connectivity index (χ4v) is 3.45. The van der Waals surface area contributed by atoms with Crippen molar-refractivity contribution in [3.05, 3.63) is 52.1 Å². The zero-order valence-corrected chi connectivity index (χ0v) is 15.6. The molecule has 0 aliphatic carbocycles. The number of rotatable bonds is 7. The predicted molar refractivity (Wildman–Crippen MR) is 107 cm³/mol. The maximum absolute atomic E-state index is 4.65. The lowest BCUT2D eigenvalue weighted by molar-refractivity contribution is 0.796. The third-order valence-corrected chi connectivity index (χ3v) is 4.83. The lowest BCUT2D eigenvalue weighted by atomic mass is 10.1. The van der Waals surface area contributed by atoms with Crippen LogP contribution in [-0.4, -0.2) is 35.6 Å². The van der Waals surface area contributed by atoms with Gasteiger partial charge in [-0.1, -0.05) is 18.2 Å². The van der Waals surface area contributed by atoms with Crippen LogP contribution in [0.15, 0.2) is 40.8 Å². The predicted octanol–water partition coefficient (Wildman–Crippen LogP) is 3.27. The normalized spacial score (nSPS) is 11.8. The van der Waals surface area contributed by atoms with E-state index in [1.54, 1.807) is 11.3 Å². The van der Waals surface area contributed by atoms with Crippen LogP contribution in [0.4, 0.5) is 0 Å². The fraction of sp³-hybridized carbons (Fsp3) is 0.368. The first-order valence-corrected chi connectivity index (χ1v) is 9.62. The third-order valence-electron chi connectivity index (χ3n) is 4.01. The van der Waals surface area contributed by atoms with Crippen molar-refractivity contribution in [2.45, 2.75) is 26.7 Å². The molecule has 0 atom stereocenters. The molecule has 6 heteroatoms. The Kier molecular flexibility index (Phi) is 6.06. The van der Waals surface area contributed by atoms with E-state index >= 15 is 0 Å². The van der Waals surface area contributed by atoms with Gasteiger partial charge in [0.25, 0.3) is 0 Å². The molecule has 0 amide bonds. The number of hydrogen-bond donors (Lipinski definition) is 3. The minimum absolute atomic E-state index is 0.742. The minimum Gasteiger partial charge on any atom is -0.361 e. The van der Waals surface area contributed by atoms with Gasteiger partial charge < -0.3 is 15.6 Å². The van der Waals surface area contributed by atoms with E-state index in [1.165, 1.54) is 16.5 Å². The topological polar surface area (TPSA) is 65.1 Å². The number of H-pyrrole nitrogens is 1. The number of thiazole rings is 1. The van der Waals surface area contributed by atoms with Gasteiger partial charge in [-0.2, -0.15) is 0 Å². The van der Waals surface area contributed by atoms with Crippen LogP contribution < -0.4 is 10.6 Å². The number of benzene rings is 1. The molecule has 0 saturated carbocycles. The van der Waals surface area contributed by atoms with Crippen molar-refractivity contribution in [2.24, 2.45) is 4.99 Å². The number of aliphatic imine (C=N–C) groups is 1. The Hall–Kier alpha value is -2.34. The number of fused-ring (bicyclic) bond motifs is 1. The number of aromatic nitrogens is 2. The van der Waals surface area contributed by atoms with Gasteiger partial charge in [0, 0.05) is 48.5 Å². The van der Waals surface area contributed by atoms with Crippen LogP contribution in [-0.2, 0) is 12.8 Å². The zero-order chi connectivity index (χ0) is 17.5. The summed E-state index contributed by atoms with van der Waals surface area (Å²) in [5.41, 5.74) is 3.65. The average molecular weight is 356 g/mol. The highest BCUT2D eigenvalue weighted by Crippen LogP contribution is 2.17. The molecule has 0 unspecified atom stereocenters. The van der Waals surface area contributed by atoms with Crippen LogP contribution >= 0.6 is 11.3 Å². The van der Waals surface area contributed by atoms with E-state index < -0.39 is 0 Å². The molecule has 0 aliphatic rings. The van der Waals surface area contributed by atoms with Gasteiger partial charge >= 0.3 is 0 Å². The van der Waals surface area contributed by atoms with E-state index in [1.807, 2.05) is 6.92 Å². The first kappa shape index (κ1) is 17.5. The average Bonchev–Trinajstić information content (AvgIpc) is 3.21. The van der Waals surface area contributed by atoms with E-state index in [9.17, 15) is 0 Å². The summed E-state index contributed by atoms with van der Waals surface area (Å²) < 4.78 is 0. The van der Waals surface area contributed by atoms with Gasteiger partial charge in [0.15, 0.2) is 5.96 Å². The molecule has 0 fully saturated rings. The molecule has 2 aromatic heterocycles. The molecule has 0 radical (unpaired) electrons. The summed E-state index contributed by atoms with van der Waals surface area (Å²) in [7, 11) is 0. The summed E-state index contributed by atoms with van der Waals surface area (Å²) in [6.07, 6.45) is 3.93. The second-order valence-corrected chi connectivity index (χ2v) is 6.97. The van der Waals surface area contributed by atoms with Gasteiger partial charge in [-0.05, 0) is 31.9 Å². The molecule has 3 aromatic rings.